The zero-order valence-corrected chi connectivity index (χ0v) is 15.2. The summed E-state index contributed by atoms with van der Waals surface area (Å²) >= 11 is 1.35. The lowest BCUT2D eigenvalue weighted by Crippen LogP contribution is -2.34. The molecular formula is C20H21NO4S. The fourth-order valence-corrected chi connectivity index (χ4v) is 3.83. The molecule has 5 nitrogen and oxygen atoms in total. The molecule has 0 spiro atoms. The van der Waals surface area contributed by atoms with Crippen LogP contribution >= 0.6 is 11.3 Å². The van der Waals surface area contributed by atoms with E-state index in [1.54, 1.807) is 12.1 Å². The van der Waals surface area contributed by atoms with E-state index in [9.17, 15) is 14.4 Å². The summed E-state index contributed by atoms with van der Waals surface area (Å²) < 4.78 is 5.00. The molecule has 136 valence electrons. The third-order valence-corrected chi connectivity index (χ3v) is 5.33. The van der Waals surface area contributed by atoms with Crippen molar-refractivity contribution >= 4 is 29.0 Å². The zero-order chi connectivity index (χ0) is 18.4. The Balaban J connectivity index is 1.42. The molecule has 26 heavy (non-hydrogen) atoms. The normalized spacial score (nSPS) is 15.8. The minimum atomic E-state index is -0.533. The second-order valence-electron chi connectivity index (χ2n) is 6.27. The van der Waals surface area contributed by atoms with Crippen LogP contribution in [0, 0.1) is 0 Å². The molecule has 0 saturated heterocycles. The maximum absolute atomic E-state index is 12.1. The molecule has 0 saturated carbocycles. The number of esters is 1. The lowest BCUT2D eigenvalue weighted by atomic mass is 9.88. The van der Waals surface area contributed by atoms with Crippen LogP contribution in [0.3, 0.4) is 0 Å². The third-order valence-electron chi connectivity index (χ3n) is 4.42. The number of Topliss-reactive ketones (excluding diaryl/α,β-unsaturated/α-hetero) is 1. The number of ketones is 1. The van der Waals surface area contributed by atoms with Crippen molar-refractivity contribution in [2.24, 2.45) is 0 Å². The fourth-order valence-electron chi connectivity index (χ4n) is 3.13. The fraction of sp³-hybridized carbons (Fsp3) is 0.350. The number of thiophene rings is 1. The van der Waals surface area contributed by atoms with Gasteiger partial charge in [-0.05, 0) is 41.8 Å². The van der Waals surface area contributed by atoms with E-state index < -0.39 is 5.97 Å². The molecule has 0 aliphatic heterocycles. The molecule has 1 amide bonds. The summed E-state index contributed by atoms with van der Waals surface area (Å²) in [6, 6.07) is 11.6. The summed E-state index contributed by atoms with van der Waals surface area (Å²) in [5.41, 5.74) is 2.40. The van der Waals surface area contributed by atoms with E-state index in [-0.39, 0.29) is 37.2 Å². The molecule has 1 heterocycles. The number of carbonyl (C=O) groups is 3. The zero-order valence-electron chi connectivity index (χ0n) is 14.4. The predicted octanol–water partition coefficient (Wildman–Crippen LogP) is 3.45. The molecule has 2 aromatic rings. The summed E-state index contributed by atoms with van der Waals surface area (Å²) in [6.45, 7) is -0.315. The summed E-state index contributed by atoms with van der Waals surface area (Å²) in [5.74, 6) is -0.932. The standard InChI is InChI=1S/C20H21NO4S/c22-17(18-9-4-12-26-18)10-11-20(24)25-13-19(23)21-16-8-3-6-14-5-1-2-7-15(14)16/h1-2,4-5,7,9,12,16H,3,6,8,10-11,13H2,(H,21,23). The highest BCUT2D eigenvalue weighted by Crippen LogP contribution is 2.29. The number of nitrogens with one attached hydrogen (secondary N) is 1. The van der Waals surface area contributed by atoms with Gasteiger partial charge in [-0.1, -0.05) is 30.3 Å². The Morgan fingerprint density at radius 1 is 1.12 bits per heavy atom. The van der Waals surface area contributed by atoms with Crippen molar-refractivity contribution < 1.29 is 19.1 Å². The highest BCUT2D eigenvalue weighted by Gasteiger charge is 2.21. The lowest BCUT2D eigenvalue weighted by Gasteiger charge is -2.26. The second-order valence-corrected chi connectivity index (χ2v) is 7.22. The van der Waals surface area contributed by atoms with Crippen molar-refractivity contribution in [3.8, 4) is 0 Å². The molecule has 6 heteroatoms. The number of benzene rings is 1. The van der Waals surface area contributed by atoms with Crippen LogP contribution in [-0.4, -0.2) is 24.3 Å². The number of rotatable bonds is 7. The number of ether oxygens (including phenoxy) is 1. The van der Waals surface area contributed by atoms with Crippen LogP contribution in [0.25, 0.3) is 0 Å². The maximum atomic E-state index is 12.1. The molecule has 1 aromatic heterocycles. The number of aryl methyl sites for hydroxylation is 1. The Hall–Kier alpha value is -2.47. The maximum Gasteiger partial charge on any atom is 0.306 e. The molecule has 0 radical (unpaired) electrons. The minimum Gasteiger partial charge on any atom is -0.456 e. The monoisotopic (exact) mass is 371 g/mol. The van der Waals surface area contributed by atoms with E-state index >= 15 is 0 Å². The van der Waals surface area contributed by atoms with Gasteiger partial charge in [0.05, 0.1) is 17.3 Å². The van der Waals surface area contributed by atoms with Gasteiger partial charge in [0.2, 0.25) is 0 Å². The van der Waals surface area contributed by atoms with Crippen molar-refractivity contribution in [3.05, 3.63) is 57.8 Å². The molecule has 1 aromatic carbocycles. The first-order valence-corrected chi connectivity index (χ1v) is 9.61. The van der Waals surface area contributed by atoms with Gasteiger partial charge in [-0.15, -0.1) is 11.3 Å². The first-order valence-electron chi connectivity index (χ1n) is 8.73. The summed E-state index contributed by atoms with van der Waals surface area (Å²) in [7, 11) is 0. The molecule has 1 unspecified atom stereocenters. The van der Waals surface area contributed by atoms with E-state index in [0.29, 0.717) is 4.88 Å². The van der Waals surface area contributed by atoms with Crippen molar-refractivity contribution in [1.82, 2.24) is 5.32 Å². The van der Waals surface area contributed by atoms with E-state index in [0.717, 1.165) is 24.8 Å². The van der Waals surface area contributed by atoms with Gasteiger partial charge in [-0.25, -0.2) is 0 Å². The molecule has 1 atom stereocenters. The van der Waals surface area contributed by atoms with Crippen LogP contribution in [-0.2, 0) is 20.7 Å². The van der Waals surface area contributed by atoms with Gasteiger partial charge in [-0.3, -0.25) is 14.4 Å². The number of amides is 1. The highest BCUT2D eigenvalue weighted by molar-refractivity contribution is 7.12. The van der Waals surface area contributed by atoms with Crippen LogP contribution in [0.5, 0.6) is 0 Å². The van der Waals surface area contributed by atoms with Gasteiger partial charge in [0.15, 0.2) is 12.4 Å². The largest absolute Gasteiger partial charge is 0.456 e. The van der Waals surface area contributed by atoms with E-state index in [1.807, 2.05) is 23.6 Å². The molecule has 1 aliphatic rings. The summed E-state index contributed by atoms with van der Waals surface area (Å²) in [6.07, 6.45) is 3.00. The predicted molar refractivity (Wildman–Crippen MR) is 99.1 cm³/mol. The average Bonchev–Trinajstić information content (AvgIpc) is 3.19. The Bertz CT molecular complexity index is 785. The van der Waals surface area contributed by atoms with Crippen LogP contribution in [0.4, 0.5) is 0 Å². The van der Waals surface area contributed by atoms with Gasteiger partial charge in [-0.2, -0.15) is 0 Å². The van der Waals surface area contributed by atoms with E-state index in [2.05, 4.69) is 11.4 Å². The highest BCUT2D eigenvalue weighted by atomic mass is 32.1. The number of hydrogen-bond acceptors (Lipinski definition) is 5. The summed E-state index contributed by atoms with van der Waals surface area (Å²) in [4.78, 5) is 36.3. The Morgan fingerprint density at radius 2 is 1.96 bits per heavy atom. The van der Waals surface area contributed by atoms with Crippen LogP contribution < -0.4 is 5.32 Å². The molecule has 1 N–H and O–H groups in total. The SMILES string of the molecule is O=C(COC(=O)CCC(=O)c1cccs1)NC1CCCc2ccccc21. The van der Waals surface area contributed by atoms with Crippen molar-refractivity contribution in [2.75, 3.05) is 6.61 Å². The van der Waals surface area contributed by atoms with Gasteiger partial charge in [0.25, 0.3) is 5.91 Å². The quantitative estimate of drug-likeness (QED) is 0.598. The van der Waals surface area contributed by atoms with E-state index in [1.165, 1.54) is 16.9 Å². The Morgan fingerprint density at radius 3 is 2.77 bits per heavy atom. The Kier molecular flexibility index (Phi) is 6.17. The van der Waals surface area contributed by atoms with Crippen molar-refractivity contribution in [3.63, 3.8) is 0 Å². The van der Waals surface area contributed by atoms with Crippen LogP contribution in [0.2, 0.25) is 0 Å². The number of fused-ring (bicyclic) bond motifs is 1. The topological polar surface area (TPSA) is 72.5 Å². The number of hydrogen-bond donors (Lipinski definition) is 1. The van der Waals surface area contributed by atoms with Gasteiger partial charge < -0.3 is 10.1 Å². The van der Waals surface area contributed by atoms with Gasteiger partial charge in [0, 0.05) is 6.42 Å². The second kappa shape index (κ2) is 8.76. The van der Waals surface area contributed by atoms with Gasteiger partial charge >= 0.3 is 5.97 Å². The Labute approximate surface area is 156 Å². The molecule has 0 bridgehead atoms. The minimum absolute atomic E-state index is 0.0176. The third kappa shape index (κ3) is 4.79. The first-order chi connectivity index (χ1) is 12.6. The van der Waals surface area contributed by atoms with Gasteiger partial charge in [0.1, 0.15) is 0 Å². The smallest absolute Gasteiger partial charge is 0.306 e. The van der Waals surface area contributed by atoms with Crippen LogP contribution in [0.15, 0.2) is 41.8 Å². The molecule has 3 rings (SSSR count). The molecular weight excluding hydrogens is 350 g/mol. The average molecular weight is 371 g/mol. The lowest BCUT2D eigenvalue weighted by molar-refractivity contribution is -0.148. The molecule has 1 aliphatic carbocycles. The van der Waals surface area contributed by atoms with E-state index in [4.69, 9.17) is 4.74 Å². The molecule has 0 fully saturated rings. The van der Waals surface area contributed by atoms with Crippen molar-refractivity contribution in [1.29, 1.82) is 0 Å². The number of carbonyl (C=O) groups excluding carboxylic acids is 3. The summed E-state index contributed by atoms with van der Waals surface area (Å²) in [5, 5.41) is 4.75. The first kappa shape index (κ1) is 18.3. The van der Waals surface area contributed by atoms with Crippen molar-refractivity contribution in [2.45, 2.75) is 38.1 Å². The van der Waals surface area contributed by atoms with Crippen LogP contribution in [0.1, 0.15) is 52.5 Å².